The van der Waals surface area contributed by atoms with E-state index in [-0.39, 0.29) is 0 Å². The maximum atomic E-state index is 11.7. The first-order valence-electron chi connectivity index (χ1n) is 6.12. The third kappa shape index (κ3) is 4.99. The molecule has 1 atom stereocenters. The van der Waals surface area contributed by atoms with Crippen molar-refractivity contribution in [1.29, 1.82) is 0 Å². The second-order valence-electron chi connectivity index (χ2n) is 5.45. The fraction of sp³-hybridized carbons (Fsp3) is 0.429. The van der Waals surface area contributed by atoms with Crippen LogP contribution >= 0.6 is 0 Å². The highest BCUT2D eigenvalue weighted by Gasteiger charge is 2.32. The van der Waals surface area contributed by atoms with Crippen molar-refractivity contribution in [3.05, 3.63) is 35.9 Å². The van der Waals surface area contributed by atoms with Crippen molar-refractivity contribution in [3.63, 3.8) is 0 Å². The number of carbonyl (C=O) groups is 2. The number of hydrogen-bond acceptors (Lipinski definition) is 2. The van der Waals surface area contributed by atoms with E-state index in [1.807, 2.05) is 30.3 Å². The molecule has 0 spiro atoms. The summed E-state index contributed by atoms with van der Waals surface area (Å²) in [5, 5.41) is 14.2. The number of amides is 2. The van der Waals surface area contributed by atoms with E-state index < -0.39 is 23.5 Å². The molecule has 104 valence electrons. The second kappa shape index (κ2) is 6.22. The molecule has 0 fully saturated rings. The van der Waals surface area contributed by atoms with Crippen molar-refractivity contribution in [3.8, 4) is 0 Å². The van der Waals surface area contributed by atoms with Crippen molar-refractivity contribution in [1.82, 2.24) is 10.6 Å². The number of carboxylic acids is 1. The SMILES string of the molecule is CC(C)(C)[C@@H](NC(=O)NCc1ccccc1)C(=O)O. The first-order valence-corrected chi connectivity index (χ1v) is 6.12. The summed E-state index contributed by atoms with van der Waals surface area (Å²) in [6, 6.07) is 8.02. The molecule has 2 amide bonds. The highest BCUT2D eigenvalue weighted by atomic mass is 16.4. The molecule has 1 aromatic rings. The Labute approximate surface area is 113 Å². The first-order chi connectivity index (χ1) is 8.80. The molecule has 1 rings (SSSR count). The number of nitrogens with one attached hydrogen (secondary N) is 2. The van der Waals surface area contributed by atoms with E-state index in [4.69, 9.17) is 5.11 Å². The van der Waals surface area contributed by atoms with E-state index in [1.54, 1.807) is 20.8 Å². The van der Waals surface area contributed by atoms with Crippen LogP contribution in [-0.2, 0) is 11.3 Å². The molecule has 1 aromatic carbocycles. The molecule has 0 bridgehead atoms. The summed E-state index contributed by atoms with van der Waals surface area (Å²) < 4.78 is 0. The quantitative estimate of drug-likeness (QED) is 0.778. The fourth-order valence-electron chi connectivity index (χ4n) is 1.61. The van der Waals surface area contributed by atoms with Gasteiger partial charge in [0.1, 0.15) is 6.04 Å². The minimum atomic E-state index is -1.04. The Hall–Kier alpha value is -2.04. The van der Waals surface area contributed by atoms with Crippen LogP contribution in [0, 0.1) is 5.41 Å². The van der Waals surface area contributed by atoms with Gasteiger partial charge in [-0.05, 0) is 11.0 Å². The van der Waals surface area contributed by atoms with E-state index in [0.29, 0.717) is 6.54 Å². The molecule has 0 saturated carbocycles. The largest absolute Gasteiger partial charge is 0.480 e. The Morgan fingerprint density at radius 3 is 2.26 bits per heavy atom. The van der Waals surface area contributed by atoms with E-state index in [0.717, 1.165) is 5.56 Å². The van der Waals surface area contributed by atoms with Gasteiger partial charge in [0.25, 0.3) is 0 Å². The number of rotatable bonds is 4. The maximum absolute atomic E-state index is 11.7. The number of hydrogen-bond donors (Lipinski definition) is 3. The smallest absolute Gasteiger partial charge is 0.326 e. The first kappa shape index (κ1) is 15.0. The lowest BCUT2D eigenvalue weighted by atomic mass is 9.87. The van der Waals surface area contributed by atoms with Crippen molar-refractivity contribution >= 4 is 12.0 Å². The third-order valence-corrected chi connectivity index (χ3v) is 2.68. The highest BCUT2D eigenvalue weighted by Crippen LogP contribution is 2.19. The third-order valence-electron chi connectivity index (χ3n) is 2.68. The minimum Gasteiger partial charge on any atom is -0.480 e. The average molecular weight is 264 g/mol. The van der Waals surface area contributed by atoms with E-state index in [2.05, 4.69) is 10.6 Å². The molecular formula is C14H20N2O3. The van der Waals surface area contributed by atoms with Crippen LogP contribution in [-0.4, -0.2) is 23.1 Å². The number of carbonyl (C=O) groups excluding carboxylic acids is 1. The predicted octanol–water partition coefficient (Wildman–Crippen LogP) is 1.99. The zero-order valence-electron chi connectivity index (χ0n) is 11.4. The lowest BCUT2D eigenvalue weighted by Gasteiger charge is -2.27. The number of carboxylic acid groups (broad SMARTS) is 1. The van der Waals surface area contributed by atoms with Crippen molar-refractivity contribution in [2.45, 2.75) is 33.4 Å². The summed E-state index contributed by atoms with van der Waals surface area (Å²) in [4.78, 5) is 22.8. The second-order valence-corrected chi connectivity index (χ2v) is 5.45. The fourth-order valence-corrected chi connectivity index (χ4v) is 1.61. The zero-order valence-corrected chi connectivity index (χ0v) is 11.4. The van der Waals surface area contributed by atoms with Gasteiger partial charge in [0, 0.05) is 6.54 Å². The molecule has 5 nitrogen and oxygen atoms in total. The number of aliphatic carboxylic acids is 1. The molecule has 0 unspecified atom stereocenters. The van der Waals surface area contributed by atoms with E-state index in [1.165, 1.54) is 0 Å². The van der Waals surface area contributed by atoms with Crippen LogP contribution < -0.4 is 10.6 Å². The van der Waals surface area contributed by atoms with E-state index >= 15 is 0 Å². The van der Waals surface area contributed by atoms with Gasteiger partial charge in [0.2, 0.25) is 0 Å². The Bertz CT molecular complexity index is 438. The summed E-state index contributed by atoms with van der Waals surface area (Å²) >= 11 is 0. The van der Waals surface area contributed by atoms with Crippen LogP contribution in [0.2, 0.25) is 0 Å². The lowest BCUT2D eigenvalue weighted by molar-refractivity contribution is -0.141. The van der Waals surface area contributed by atoms with Crippen LogP contribution in [0.4, 0.5) is 4.79 Å². The molecule has 0 radical (unpaired) electrons. The van der Waals surface area contributed by atoms with Crippen LogP contribution in [0.5, 0.6) is 0 Å². The van der Waals surface area contributed by atoms with Crippen molar-refractivity contribution in [2.75, 3.05) is 0 Å². The van der Waals surface area contributed by atoms with Crippen LogP contribution in [0.1, 0.15) is 26.3 Å². The normalized spacial score (nSPS) is 12.6. The molecular weight excluding hydrogens is 244 g/mol. The van der Waals surface area contributed by atoms with Gasteiger partial charge >= 0.3 is 12.0 Å². The van der Waals surface area contributed by atoms with Gasteiger partial charge in [-0.2, -0.15) is 0 Å². The molecule has 0 aliphatic rings. The van der Waals surface area contributed by atoms with Crippen LogP contribution in [0.15, 0.2) is 30.3 Å². The molecule has 0 saturated heterocycles. The van der Waals surface area contributed by atoms with Gasteiger partial charge in [0.05, 0.1) is 0 Å². The summed E-state index contributed by atoms with van der Waals surface area (Å²) in [5.41, 5.74) is 0.413. The van der Waals surface area contributed by atoms with Crippen LogP contribution in [0.25, 0.3) is 0 Å². The molecule has 0 aliphatic heterocycles. The molecule has 19 heavy (non-hydrogen) atoms. The monoisotopic (exact) mass is 264 g/mol. The topological polar surface area (TPSA) is 78.4 Å². The summed E-state index contributed by atoms with van der Waals surface area (Å²) in [6.07, 6.45) is 0. The Kier molecular flexibility index (Phi) is 4.92. The van der Waals surface area contributed by atoms with Gasteiger partial charge in [0.15, 0.2) is 0 Å². The van der Waals surface area contributed by atoms with Crippen molar-refractivity contribution in [2.24, 2.45) is 5.41 Å². The Morgan fingerprint density at radius 2 is 1.79 bits per heavy atom. The molecule has 0 aromatic heterocycles. The highest BCUT2D eigenvalue weighted by molar-refractivity contribution is 5.83. The standard InChI is InChI=1S/C14H20N2O3/c1-14(2,3)11(12(17)18)16-13(19)15-9-10-7-5-4-6-8-10/h4-8,11H,9H2,1-3H3,(H,17,18)(H2,15,16,19)/t11-/m0/s1. The number of benzene rings is 1. The minimum absolute atomic E-state index is 0.364. The van der Waals surface area contributed by atoms with Gasteiger partial charge in [-0.1, -0.05) is 51.1 Å². The number of urea groups is 1. The Morgan fingerprint density at radius 1 is 1.21 bits per heavy atom. The molecule has 0 aliphatic carbocycles. The lowest BCUT2D eigenvalue weighted by Crippen LogP contribution is -2.52. The van der Waals surface area contributed by atoms with Gasteiger partial charge in [-0.15, -0.1) is 0 Å². The maximum Gasteiger partial charge on any atom is 0.326 e. The van der Waals surface area contributed by atoms with Crippen LogP contribution in [0.3, 0.4) is 0 Å². The summed E-state index contributed by atoms with van der Waals surface area (Å²) in [5.74, 6) is -1.04. The van der Waals surface area contributed by atoms with Crippen molar-refractivity contribution < 1.29 is 14.7 Å². The van der Waals surface area contributed by atoms with Gasteiger partial charge in [-0.25, -0.2) is 9.59 Å². The molecule has 5 heteroatoms. The van der Waals surface area contributed by atoms with Gasteiger partial charge < -0.3 is 15.7 Å². The van der Waals surface area contributed by atoms with Gasteiger partial charge in [-0.3, -0.25) is 0 Å². The molecule has 3 N–H and O–H groups in total. The van der Waals surface area contributed by atoms with E-state index in [9.17, 15) is 9.59 Å². The average Bonchev–Trinajstić information content (AvgIpc) is 2.33. The molecule has 0 heterocycles. The summed E-state index contributed by atoms with van der Waals surface area (Å²) in [6.45, 7) is 5.67. The Balaban J connectivity index is 2.52. The zero-order chi connectivity index (χ0) is 14.5. The predicted molar refractivity (Wildman–Crippen MR) is 72.7 cm³/mol. The summed E-state index contributed by atoms with van der Waals surface area (Å²) in [7, 11) is 0.